The van der Waals surface area contributed by atoms with Gasteiger partial charge in [-0.05, 0) is 36.4 Å². The number of aliphatic hydroxyl groups excluding tert-OH is 1. The predicted molar refractivity (Wildman–Crippen MR) is 100 cm³/mol. The minimum absolute atomic E-state index is 0. The fourth-order valence-corrected chi connectivity index (χ4v) is 2.26. The molecule has 0 spiro atoms. The summed E-state index contributed by atoms with van der Waals surface area (Å²) in [5.41, 5.74) is 0.472. The Bertz CT molecular complexity index is 691. The fraction of sp³-hybridized carbons (Fsp3) is 0.263. The van der Waals surface area contributed by atoms with E-state index in [-0.39, 0.29) is 37.8 Å². The third-order valence-electron chi connectivity index (χ3n) is 3.53. The lowest BCUT2D eigenvalue weighted by Gasteiger charge is -2.15. The van der Waals surface area contributed by atoms with Gasteiger partial charge >= 0.3 is 5.97 Å². The molecule has 0 saturated carbocycles. The highest BCUT2D eigenvalue weighted by molar-refractivity contribution is 5.99. The second-order valence-corrected chi connectivity index (χ2v) is 5.32. The summed E-state index contributed by atoms with van der Waals surface area (Å²) in [5, 5.41) is 11.7. The van der Waals surface area contributed by atoms with Gasteiger partial charge in [-0.25, -0.2) is 0 Å². The van der Waals surface area contributed by atoms with Crippen LogP contribution in [-0.4, -0.2) is 43.2 Å². The standard InChI is InChI=1S/C19H21NO5.ClH/c1-24-19(23)17(20-11-12-21)13-18(22)14-7-9-16(10-8-14)25-15-5-3-2-4-6-15;/h2-10,17,20-21H,11-13H2,1H3;1H. The van der Waals surface area contributed by atoms with E-state index in [1.807, 2.05) is 30.3 Å². The molecular weight excluding hydrogens is 358 g/mol. The lowest BCUT2D eigenvalue weighted by atomic mass is 10.0. The van der Waals surface area contributed by atoms with E-state index in [9.17, 15) is 9.59 Å². The van der Waals surface area contributed by atoms with Crippen LogP contribution in [0.15, 0.2) is 54.6 Å². The minimum Gasteiger partial charge on any atom is -0.468 e. The lowest BCUT2D eigenvalue weighted by Crippen LogP contribution is -2.40. The van der Waals surface area contributed by atoms with Gasteiger partial charge in [-0.2, -0.15) is 0 Å². The number of halogens is 1. The molecule has 0 aromatic heterocycles. The summed E-state index contributed by atoms with van der Waals surface area (Å²) in [5.74, 6) is 0.587. The van der Waals surface area contributed by atoms with Gasteiger partial charge in [0.15, 0.2) is 5.78 Å². The molecule has 0 aliphatic heterocycles. The predicted octanol–water partition coefficient (Wildman–Crippen LogP) is 2.60. The Kier molecular flexibility index (Phi) is 9.36. The minimum atomic E-state index is -0.787. The molecule has 2 rings (SSSR count). The highest BCUT2D eigenvalue weighted by atomic mass is 35.5. The molecule has 140 valence electrons. The van der Waals surface area contributed by atoms with Crippen LogP contribution in [0.5, 0.6) is 11.5 Å². The number of rotatable bonds is 9. The topological polar surface area (TPSA) is 84.9 Å². The summed E-state index contributed by atoms with van der Waals surface area (Å²) >= 11 is 0. The molecule has 1 atom stereocenters. The zero-order valence-corrected chi connectivity index (χ0v) is 15.2. The molecule has 0 aliphatic rings. The van der Waals surface area contributed by atoms with Crippen molar-refractivity contribution < 1.29 is 24.2 Å². The van der Waals surface area contributed by atoms with Gasteiger partial charge in [0.25, 0.3) is 0 Å². The van der Waals surface area contributed by atoms with Crippen molar-refractivity contribution in [1.82, 2.24) is 5.32 Å². The molecule has 0 radical (unpaired) electrons. The van der Waals surface area contributed by atoms with Crippen LogP contribution >= 0.6 is 12.4 Å². The largest absolute Gasteiger partial charge is 0.468 e. The van der Waals surface area contributed by atoms with E-state index in [1.54, 1.807) is 24.3 Å². The van der Waals surface area contributed by atoms with Crippen molar-refractivity contribution in [2.45, 2.75) is 12.5 Å². The molecule has 2 N–H and O–H groups in total. The summed E-state index contributed by atoms with van der Waals surface area (Å²) in [6, 6.07) is 15.3. The first-order valence-corrected chi connectivity index (χ1v) is 7.92. The van der Waals surface area contributed by atoms with E-state index in [1.165, 1.54) is 7.11 Å². The number of esters is 1. The number of methoxy groups -OCH3 is 1. The Balaban J connectivity index is 0.00000338. The monoisotopic (exact) mass is 379 g/mol. The summed E-state index contributed by atoms with van der Waals surface area (Å²) in [6.07, 6.45) is -0.0500. The van der Waals surface area contributed by atoms with Gasteiger partial charge in [0.2, 0.25) is 0 Å². The molecular formula is C19H22ClNO5. The number of benzene rings is 2. The second-order valence-electron chi connectivity index (χ2n) is 5.32. The van der Waals surface area contributed by atoms with Crippen molar-refractivity contribution in [2.24, 2.45) is 0 Å². The van der Waals surface area contributed by atoms with Crippen LogP contribution in [0.2, 0.25) is 0 Å². The molecule has 0 saturated heterocycles. The molecule has 6 nitrogen and oxygen atoms in total. The molecule has 0 fully saturated rings. The van der Waals surface area contributed by atoms with Gasteiger partial charge in [-0.1, -0.05) is 18.2 Å². The first-order chi connectivity index (χ1) is 12.1. The van der Waals surface area contributed by atoms with Crippen molar-refractivity contribution in [1.29, 1.82) is 0 Å². The maximum absolute atomic E-state index is 12.4. The number of carbonyl (C=O) groups is 2. The fourth-order valence-electron chi connectivity index (χ4n) is 2.26. The summed E-state index contributed by atoms with van der Waals surface area (Å²) < 4.78 is 10.4. The van der Waals surface area contributed by atoms with E-state index in [2.05, 4.69) is 10.1 Å². The molecule has 26 heavy (non-hydrogen) atoms. The highest BCUT2D eigenvalue weighted by Crippen LogP contribution is 2.21. The average molecular weight is 380 g/mol. The molecule has 2 aromatic rings. The highest BCUT2D eigenvalue weighted by Gasteiger charge is 2.22. The number of ketones is 1. The van der Waals surface area contributed by atoms with Crippen LogP contribution in [0.4, 0.5) is 0 Å². The maximum atomic E-state index is 12.4. The first-order valence-electron chi connectivity index (χ1n) is 7.92. The number of Topliss-reactive ketones (excluding diaryl/α,β-unsaturated/α-hetero) is 1. The summed E-state index contributed by atoms with van der Waals surface area (Å²) in [4.78, 5) is 24.1. The molecule has 0 heterocycles. The first kappa shape index (κ1) is 21.6. The smallest absolute Gasteiger partial charge is 0.323 e. The Morgan fingerprint density at radius 1 is 1.04 bits per heavy atom. The molecule has 7 heteroatoms. The number of nitrogens with one attached hydrogen (secondary N) is 1. The molecule has 2 aromatic carbocycles. The summed E-state index contributed by atoms with van der Waals surface area (Å²) in [7, 11) is 1.26. The number of ether oxygens (including phenoxy) is 2. The Morgan fingerprint density at radius 2 is 1.65 bits per heavy atom. The van der Waals surface area contributed by atoms with Gasteiger partial charge < -0.3 is 19.9 Å². The van der Waals surface area contributed by atoms with Crippen LogP contribution in [0.3, 0.4) is 0 Å². The number of aliphatic hydroxyl groups is 1. The Hall–Kier alpha value is -2.41. The van der Waals surface area contributed by atoms with E-state index in [0.29, 0.717) is 17.1 Å². The second kappa shape index (κ2) is 11.3. The van der Waals surface area contributed by atoms with Gasteiger partial charge in [-0.15, -0.1) is 12.4 Å². The van der Waals surface area contributed by atoms with Crippen LogP contribution in [-0.2, 0) is 9.53 Å². The lowest BCUT2D eigenvalue weighted by molar-refractivity contribution is -0.143. The van der Waals surface area contributed by atoms with Crippen molar-refractivity contribution in [3.05, 3.63) is 60.2 Å². The van der Waals surface area contributed by atoms with Crippen LogP contribution in [0, 0.1) is 0 Å². The van der Waals surface area contributed by atoms with Crippen molar-refractivity contribution >= 4 is 24.2 Å². The van der Waals surface area contributed by atoms with Gasteiger partial charge in [0.05, 0.1) is 13.7 Å². The van der Waals surface area contributed by atoms with Crippen molar-refractivity contribution in [3.63, 3.8) is 0 Å². The van der Waals surface area contributed by atoms with Gasteiger partial charge in [0, 0.05) is 18.5 Å². The maximum Gasteiger partial charge on any atom is 0.323 e. The van der Waals surface area contributed by atoms with Crippen LogP contribution in [0.1, 0.15) is 16.8 Å². The van der Waals surface area contributed by atoms with E-state index >= 15 is 0 Å². The number of hydrogen-bond acceptors (Lipinski definition) is 6. The molecule has 0 bridgehead atoms. The quantitative estimate of drug-likeness (QED) is 0.514. The average Bonchev–Trinajstić information content (AvgIpc) is 2.65. The zero-order chi connectivity index (χ0) is 18.1. The van der Waals surface area contributed by atoms with Crippen LogP contribution < -0.4 is 10.1 Å². The van der Waals surface area contributed by atoms with Crippen LogP contribution in [0.25, 0.3) is 0 Å². The summed E-state index contributed by atoms with van der Waals surface area (Å²) in [6.45, 7) is 0.0735. The van der Waals surface area contributed by atoms with E-state index < -0.39 is 12.0 Å². The van der Waals surface area contributed by atoms with Gasteiger partial charge in [-0.3, -0.25) is 9.59 Å². The third kappa shape index (κ3) is 6.48. The third-order valence-corrected chi connectivity index (χ3v) is 3.53. The number of carbonyl (C=O) groups excluding carboxylic acids is 2. The Labute approximate surface area is 158 Å². The van der Waals surface area contributed by atoms with E-state index in [0.717, 1.165) is 0 Å². The van der Waals surface area contributed by atoms with E-state index in [4.69, 9.17) is 9.84 Å². The zero-order valence-electron chi connectivity index (χ0n) is 14.4. The number of para-hydroxylation sites is 1. The molecule has 0 aliphatic carbocycles. The Morgan fingerprint density at radius 3 is 2.23 bits per heavy atom. The SMILES string of the molecule is COC(=O)C(CC(=O)c1ccc(Oc2ccccc2)cc1)NCCO.Cl. The van der Waals surface area contributed by atoms with Crippen molar-refractivity contribution in [3.8, 4) is 11.5 Å². The van der Waals surface area contributed by atoms with Gasteiger partial charge in [0.1, 0.15) is 17.5 Å². The molecule has 1 unspecified atom stereocenters. The normalized spacial score (nSPS) is 11.2. The number of hydrogen-bond donors (Lipinski definition) is 2. The van der Waals surface area contributed by atoms with Crippen molar-refractivity contribution in [2.75, 3.05) is 20.3 Å². The molecule has 0 amide bonds.